The van der Waals surface area contributed by atoms with Gasteiger partial charge < -0.3 is 10.8 Å². The van der Waals surface area contributed by atoms with Crippen LogP contribution in [-0.2, 0) is 4.79 Å². The molecule has 4 heteroatoms. The molecule has 0 spiro atoms. The van der Waals surface area contributed by atoms with Gasteiger partial charge in [0, 0.05) is 12.3 Å². The van der Waals surface area contributed by atoms with Gasteiger partial charge in [-0.2, -0.15) is 0 Å². The zero-order valence-electron chi connectivity index (χ0n) is 6.72. The van der Waals surface area contributed by atoms with Crippen molar-refractivity contribution in [3.63, 3.8) is 0 Å². The van der Waals surface area contributed by atoms with Crippen molar-refractivity contribution in [2.24, 2.45) is 5.73 Å². The predicted molar refractivity (Wildman–Crippen MR) is 48.0 cm³/mol. The van der Waals surface area contributed by atoms with Crippen molar-refractivity contribution < 1.29 is 9.90 Å². The van der Waals surface area contributed by atoms with Crippen LogP contribution in [0.1, 0.15) is 19.3 Å². The van der Waals surface area contributed by atoms with Crippen LogP contribution in [0.15, 0.2) is 0 Å². The van der Waals surface area contributed by atoms with Crippen LogP contribution in [-0.4, -0.2) is 23.0 Å². The Balaban J connectivity index is 3.52. The van der Waals surface area contributed by atoms with Crippen molar-refractivity contribution in [3.8, 4) is 11.8 Å². The second-order valence-corrected chi connectivity index (χ2v) is 2.66. The highest BCUT2D eigenvalue weighted by Crippen LogP contribution is 1.95. The van der Waals surface area contributed by atoms with E-state index in [1.807, 2.05) is 0 Å². The molecule has 12 heavy (non-hydrogen) atoms. The molecule has 3 N–H and O–H groups in total. The third kappa shape index (κ3) is 6.02. The Morgan fingerprint density at radius 3 is 2.75 bits per heavy atom. The van der Waals surface area contributed by atoms with Gasteiger partial charge in [0.05, 0.1) is 0 Å². The molecule has 0 aliphatic carbocycles. The van der Waals surface area contributed by atoms with Gasteiger partial charge >= 0.3 is 5.97 Å². The number of carboxylic acids is 1. The van der Waals surface area contributed by atoms with E-state index in [0.29, 0.717) is 12.3 Å². The van der Waals surface area contributed by atoms with Crippen molar-refractivity contribution in [3.05, 3.63) is 0 Å². The Morgan fingerprint density at radius 2 is 2.25 bits per heavy atom. The lowest BCUT2D eigenvalue weighted by Gasteiger charge is -1.93. The van der Waals surface area contributed by atoms with E-state index in [-0.39, 0.29) is 0 Å². The number of hydrogen-bond acceptors (Lipinski definition) is 2. The second-order valence-electron chi connectivity index (χ2n) is 2.28. The quantitative estimate of drug-likeness (QED) is 0.391. The van der Waals surface area contributed by atoms with Crippen molar-refractivity contribution in [2.75, 3.05) is 5.88 Å². The van der Waals surface area contributed by atoms with Gasteiger partial charge in [0.1, 0.15) is 0 Å². The molecule has 0 bridgehead atoms. The number of unbranched alkanes of at least 4 members (excludes halogenated alkanes) is 2. The van der Waals surface area contributed by atoms with Crippen LogP contribution in [0.3, 0.4) is 0 Å². The Hall–Kier alpha value is -0.720. The third-order valence-electron chi connectivity index (χ3n) is 1.21. The third-order valence-corrected chi connectivity index (χ3v) is 1.48. The summed E-state index contributed by atoms with van der Waals surface area (Å²) in [5, 5.41) is 8.34. The van der Waals surface area contributed by atoms with Gasteiger partial charge in [-0.3, -0.25) is 0 Å². The fraction of sp³-hybridized carbons (Fsp3) is 0.625. The van der Waals surface area contributed by atoms with Crippen LogP contribution in [0.5, 0.6) is 0 Å². The van der Waals surface area contributed by atoms with Gasteiger partial charge in [-0.1, -0.05) is 5.92 Å². The van der Waals surface area contributed by atoms with Crippen LogP contribution in [0.2, 0.25) is 0 Å². The maximum Gasteiger partial charge on any atom is 0.333 e. The fourth-order valence-corrected chi connectivity index (χ4v) is 0.741. The van der Waals surface area contributed by atoms with Gasteiger partial charge in [-0.05, 0) is 12.8 Å². The van der Waals surface area contributed by atoms with Crippen LogP contribution in [0.4, 0.5) is 0 Å². The molecule has 3 nitrogen and oxygen atoms in total. The summed E-state index contributed by atoms with van der Waals surface area (Å²) in [6, 6.07) is -1.05. The minimum atomic E-state index is -1.08. The van der Waals surface area contributed by atoms with E-state index in [9.17, 15) is 4.79 Å². The molecule has 0 aliphatic heterocycles. The van der Waals surface area contributed by atoms with Gasteiger partial charge in [-0.15, -0.1) is 17.5 Å². The van der Waals surface area contributed by atoms with E-state index in [0.717, 1.165) is 12.8 Å². The molecule has 0 saturated heterocycles. The van der Waals surface area contributed by atoms with Gasteiger partial charge in [0.15, 0.2) is 6.04 Å². The van der Waals surface area contributed by atoms with E-state index in [4.69, 9.17) is 22.4 Å². The highest BCUT2D eigenvalue weighted by molar-refractivity contribution is 6.17. The zero-order valence-corrected chi connectivity index (χ0v) is 7.47. The minimum Gasteiger partial charge on any atom is -0.479 e. The number of hydrogen-bond donors (Lipinski definition) is 2. The first-order valence-electron chi connectivity index (χ1n) is 3.71. The smallest absolute Gasteiger partial charge is 0.333 e. The van der Waals surface area contributed by atoms with Crippen molar-refractivity contribution in [2.45, 2.75) is 25.3 Å². The summed E-state index contributed by atoms with van der Waals surface area (Å²) in [6.45, 7) is 0. The molecule has 0 aromatic carbocycles. The fourth-order valence-electron chi connectivity index (χ4n) is 0.552. The highest BCUT2D eigenvalue weighted by Gasteiger charge is 2.04. The minimum absolute atomic E-state index is 0.618. The molecule has 0 amide bonds. The molecule has 0 heterocycles. The molecule has 68 valence electrons. The second kappa shape index (κ2) is 6.96. The lowest BCUT2D eigenvalue weighted by molar-refractivity contribution is -0.137. The van der Waals surface area contributed by atoms with Crippen LogP contribution >= 0.6 is 11.6 Å². The van der Waals surface area contributed by atoms with E-state index in [1.165, 1.54) is 0 Å². The number of aliphatic carboxylic acids is 1. The average molecular weight is 190 g/mol. The number of carboxylic acid groups (broad SMARTS) is 1. The van der Waals surface area contributed by atoms with Crippen LogP contribution in [0, 0.1) is 11.8 Å². The Morgan fingerprint density at radius 1 is 1.58 bits per heavy atom. The molecular weight excluding hydrogens is 178 g/mol. The molecule has 0 fully saturated rings. The topological polar surface area (TPSA) is 63.3 Å². The summed E-state index contributed by atoms with van der Waals surface area (Å²) in [5.74, 6) is 4.65. The number of halogens is 1. The number of nitrogens with two attached hydrogens (primary N) is 1. The maximum atomic E-state index is 10.2. The first kappa shape index (κ1) is 11.3. The van der Waals surface area contributed by atoms with Crippen molar-refractivity contribution in [1.29, 1.82) is 0 Å². The summed E-state index contributed by atoms with van der Waals surface area (Å²) < 4.78 is 0. The molecule has 0 aromatic rings. The van der Waals surface area contributed by atoms with Gasteiger partial charge in [0.2, 0.25) is 0 Å². The standard InChI is InChI=1S/C8H12ClNO2/c9-6-4-2-1-3-5-7(10)8(11)12/h7H,1-2,4,6,10H2,(H,11,12). The van der Waals surface area contributed by atoms with Crippen molar-refractivity contribution in [1.82, 2.24) is 0 Å². The first-order chi connectivity index (χ1) is 5.68. The molecule has 0 radical (unpaired) electrons. The molecule has 0 rings (SSSR count). The Kier molecular flexibility index (Phi) is 6.54. The average Bonchev–Trinajstić information content (AvgIpc) is 2.03. The Labute approximate surface area is 76.9 Å². The molecule has 1 unspecified atom stereocenters. The SMILES string of the molecule is NC(C#CCCCCCl)C(=O)O. The number of alkyl halides is 1. The van der Waals surface area contributed by atoms with E-state index >= 15 is 0 Å². The summed E-state index contributed by atoms with van der Waals surface area (Å²) in [5.41, 5.74) is 5.13. The van der Waals surface area contributed by atoms with E-state index < -0.39 is 12.0 Å². The van der Waals surface area contributed by atoms with E-state index in [2.05, 4.69) is 11.8 Å². The zero-order chi connectivity index (χ0) is 9.40. The largest absolute Gasteiger partial charge is 0.479 e. The molecule has 0 aromatic heterocycles. The molecule has 1 atom stereocenters. The van der Waals surface area contributed by atoms with Gasteiger partial charge in [-0.25, -0.2) is 4.79 Å². The van der Waals surface area contributed by atoms with Crippen LogP contribution in [0.25, 0.3) is 0 Å². The lowest BCUT2D eigenvalue weighted by Crippen LogP contribution is -2.27. The molecule has 0 saturated carbocycles. The maximum absolute atomic E-state index is 10.2. The van der Waals surface area contributed by atoms with Crippen molar-refractivity contribution >= 4 is 17.6 Å². The first-order valence-corrected chi connectivity index (χ1v) is 4.24. The number of rotatable bonds is 4. The monoisotopic (exact) mass is 189 g/mol. The van der Waals surface area contributed by atoms with Crippen LogP contribution < -0.4 is 5.73 Å². The van der Waals surface area contributed by atoms with Gasteiger partial charge in [0.25, 0.3) is 0 Å². The Bertz CT molecular complexity index is 195. The molecule has 0 aliphatic rings. The summed E-state index contributed by atoms with van der Waals surface area (Å²) in [4.78, 5) is 10.2. The highest BCUT2D eigenvalue weighted by atomic mass is 35.5. The predicted octanol–water partition coefficient (Wildman–Crippen LogP) is 0.811. The summed E-state index contributed by atoms with van der Waals surface area (Å²) >= 11 is 5.43. The number of carbonyl (C=O) groups is 1. The lowest BCUT2D eigenvalue weighted by atomic mass is 10.2. The summed E-state index contributed by atoms with van der Waals surface area (Å²) in [6.07, 6.45) is 2.45. The van der Waals surface area contributed by atoms with E-state index in [1.54, 1.807) is 0 Å². The summed E-state index contributed by atoms with van der Waals surface area (Å²) in [7, 11) is 0. The normalized spacial score (nSPS) is 11.5. The molecular formula is C8H12ClNO2.